The lowest BCUT2D eigenvalue weighted by Gasteiger charge is -2.27. The Morgan fingerprint density at radius 1 is 1.50 bits per heavy atom. The van der Waals surface area contributed by atoms with Crippen molar-refractivity contribution >= 4 is 11.6 Å². The Labute approximate surface area is 83.5 Å². The minimum Gasteiger partial charge on any atom is -0.349 e. The fourth-order valence-electron chi connectivity index (χ4n) is 1.93. The van der Waals surface area contributed by atoms with Crippen LogP contribution in [-0.2, 0) is 11.8 Å². The maximum atomic E-state index is 11.3. The van der Waals surface area contributed by atoms with Gasteiger partial charge in [0, 0.05) is 26.1 Å². The molecule has 0 aliphatic carbocycles. The van der Waals surface area contributed by atoms with Crippen molar-refractivity contribution in [3.8, 4) is 0 Å². The van der Waals surface area contributed by atoms with Crippen LogP contribution in [0, 0.1) is 6.92 Å². The van der Waals surface area contributed by atoms with Crippen LogP contribution < -0.4 is 4.90 Å². The lowest BCUT2D eigenvalue weighted by Crippen LogP contribution is -2.36. The summed E-state index contributed by atoms with van der Waals surface area (Å²) >= 11 is 0. The number of hydrogen-bond donors (Lipinski definition) is 0. The van der Waals surface area contributed by atoms with Gasteiger partial charge in [-0.05, 0) is 13.3 Å². The van der Waals surface area contributed by atoms with Crippen LogP contribution in [0.4, 0.5) is 5.82 Å². The highest BCUT2D eigenvalue weighted by Gasteiger charge is 2.19. The van der Waals surface area contributed by atoms with Crippen LogP contribution in [0.1, 0.15) is 18.5 Å². The standard InChI is InChI=1S/C10H15N3O/c1-8-6-10(12(2)11-8)13-5-3-4-9(14)7-13/h6H,3-5,7H2,1-2H3. The molecule has 4 heteroatoms. The van der Waals surface area contributed by atoms with Crippen molar-refractivity contribution < 1.29 is 4.79 Å². The van der Waals surface area contributed by atoms with Crippen LogP contribution in [0.2, 0.25) is 0 Å². The molecule has 14 heavy (non-hydrogen) atoms. The van der Waals surface area contributed by atoms with Gasteiger partial charge in [-0.2, -0.15) is 5.10 Å². The molecule has 1 fully saturated rings. The molecule has 0 atom stereocenters. The van der Waals surface area contributed by atoms with Crippen molar-refractivity contribution in [1.29, 1.82) is 0 Å². The Bertz CT molecular complexity index is 356. The Morgan fingerprint density at radius 2 is 2.29 bits per heavy atom. The number of Topliss-reactive ketones (excluding diaryl/α,β-unsaturated/α-hetero) is 1. The van der Waals surface area contributed by atoms with Gasteiger partial charge in [0.1, 0.15) is 5.82 Å². The van der Waals surface area contributed by atoms with Gasteiger partial charge in [-0.3, -0.25) is 9.48 Å². The second kappa shape index (κ2) is 3.44. The fraction of sp³-hybridized carbons (Fsp3) is 0.600. The first-order chi connectivity index (χ1) is 6.66. The summed E-state index contributed by atoms with van der Waals surface area (Å²) in [6.07, 6.45) is 1.69. The van der Waals surface area contributed by atoms with E-state index in [4.69, 9.17) is 0 Å². The molecule has 0 amide bonds. The molecule has 1 saturated heterocycles. The molecular weight excluding hydrogens is 178 g/mol. The first-order valence-corrected chi connectivity index (χ1v) is 4.94. The van der Waals surface area contributed by atoms with Gasteiger partial charge in [0.2, 0.25) is 0 Å². The van der Waals surface area contributed by atoms with Crippen LogP contribution in [0.5, 0.6) is 0 Å². The number of carbonyl (C=O) groups excluding carboxylic acids is 1. The Kier molecular flexibility index (Phi) is 2.27. The summed E-state index contributed by atoms with van der Waals surface area (Å²) in [5, 5.41) is 4.27. The minimum atomic E-state index is 0.329. The second-order valence-electron chi connectivity index (χ2n) is 3.83. The van der Waals surface area contributed by atoms with Gasteiger partial charge in [0.25, 0.3) is 0 Å². The maximum Gasteiger partial charge on any atom is 0.152 e. The van der Waals surface area contributed by atoms with Crippen LogP contribution in [0.25, 0.3) is 0 Å². The number of carbonyl (C=O) groups is 1. The van der Waals surface area contributed by atoms with Gasteiger partial charge in [0.15, 0.2) is 5.78 Å². The SMILES string of the molecule is Cc1cc(N2CCCC(=O)C2)n(C)n1. The average Bonchev–Trinajstić information content (AvgIpc) is 2.45. The van der Waals surface area contributed by atoms with Crippen molar-refractivity contribution in [3.05, 3.63) is 11.8 Å². The third-order valence-corrected chi connectivity index (χ3v) is 2.55. The first-order valence-electron chi connectivity index (χ1n) is 4.94. The molecule has 1 aromatic heterocycles. The summed E-state index contributed by atoms with van der Waals surface area (Å²) in [5.41, 5.74) is 1.00. The summed E-state index contributed by atoms with van der Waals surface area (Å²) in [4.78, 5) is 13.4. The summed E-state index contributed by atoms with van der Waals surface area (Å²) in [6, 6.07) is 2.03. The normalized spacial score (nSPS) is 17.6. The van der Waals surface area contributed by atoms with Crippen molar-refractivity contribution in [2.24, 2.45) is 7.05 Å². The number of aryl methyl sites for hydroxylation is 2. The highest BCUT2D eigenvalue weighted by molar-refractivity contribution is 5.84. The Balaban J connectivity index is 2.21. The van der Waals surface area contributed by atoms with E-state index in [1.54, 1.807) is 0 Å². The van der Waals surface area contributed by atoms with Gasteiger partial charge in [-0.1, -0.05) is 0 Å². The average molecular weight is 193 g/mol. The van der Waals surface area contributed by atoms with E-state index in [9.17, 15) is 4.79 Å². The van der Waals surface area contributed by atoms with Gasteiger partial charge in [0.05, 0.1) is 12.2 Å². The van der Waals surface area contributed by atoms with Crippen molar-refractivity contribution in [2.75, 3.05) is 18.0 Å². The third-order valence-electron chi connectivity index (χ3n) is 2.55. The Hall–Kier alpha value is -1.32. The molecule has 0 radical (unpaired) electrons. The molecule has 0 saturated carbocycles. The third kappa shape index (κ3) is 1.64. The summed E-state index contributed by atoms with van der Waals surface area (Å²) in [5.74, 6) is 1.38. The fourth-order valence-corrected chi connectivity index (χ4v) is 1.93. The van der Waals surface area contributed by atoms with Crippen molar-refractivity contribution in [2.45, 2.75) is 19.8 Å². The van der Waals surface area contributed by atoms with E-state index in [0.29, 0.717) is 12.3 Å². The van der Waals surface area contributed by atoms with Crippen molar-refractivity contribution in [1.82, 2.24) is 9.78 Å². The zero-order valence-corrected chi connectivity index (χ0v) is 8.66. The molecule has 0 aromatic carbocycles. The number of anilines is 1. The highest BCUT2D eigenvalue weighted by atomic mass is 16.1. The molecule has 1 aromatic rings. The summed E-state index contributed by atoms with van der Waals surface area (Å²) in [7, 11) is 1.92. The number of nitrogens with zero attached hydrogens (tertiary/aromatic N) is 3. The maximum absolute atomic E-state index is 11.3. The molecule has 0 bridgehead atoms. The predicted molar refractivity (Wildman–Crippen MR) is 54.4 cm³/mol. The topological polar surface area (TPSA) is 38.1 Å². The molecule has 0 unspecified atom stereocenters. The van der Waals surface area contributed by atoms with E-state index >= 15 is 0 Å². The van der Waals surface area contributed by atoms with E-state index in [-0.39, 0.29) is 0 Å². The van der Waals surface area contributed by atoms with E-state index in [1.165, 1.54) is 0 Å². The zero-order valence-electron chi connectivity index (χ0n) is 8.66. The predicted octanol–water partition coefficient (Wildman–Crippen LogP) is 0.898. The number of hydrogen-bond acceptors (Lipinski definition) is 3. The second-order valence-corrected chi connectivity index (χ2v) is 3.83. The van der Waals surface area contributed by atoms with Gasteiger partial charge < -0.3 is 4.90 Å². The van der Waals surface area contributed by atoms with E-state index in [0.717, 1.165) is 30.9 Å². The lowest BCUT2D eigenvalue weighted by molar-refractivity contribution is -0.118. The van der Waals surface area contributed by atoms with Crippen LogP contribution in [0.15, 0.2) is 6.07 Å². The lowest BCUT2D eigenvalue weighted by atomic mass is 10.1. The molecule has 1 aliphatic heterocycles. The van der Waals surface area contributed by atoms with Gasteiger partial charge in [-0.15, -0.1) is 0 Å². The Morgan fingerprint density at radius 3 is 2.86 bits per heavy atom. The van der Waals surface area contributed by atoms with E-state index in [2.05, 4.69) is 10.00 Å². The summed E-state index contributed by atoms with van der Waals surface area (Å²) in [6.45, 7) is 3.47. The summed E-state index contributed by atoms with van der Waals surface area (Å²) < 4.78 is 1.84. The quantitative estimate of drug-likeness (QED) is 0.665. The molecule has 1 aliphatic rings. The first kappa shape index (κ1) is 9.24. The monoisotopic (exact) mass is 193 g/mol. The zero-order chi connectivity index (χ0) is 10.1. The molecule has 0 spiro atoms. The number of ketones is 1. The van der Waals surface area contributed by atoms with Gasteiger partial charge in [-0.25, -0.2) is 0 Å². The molecule has 2 heterocycles. The van der Waals surface area contributed by atoms with Crippen molar-refractivity contribution in [3.63, 3.8) is 0 Å². The van der Waals surface area contributed by atoms with Gasteiger partial charge >= 0.3 is 0 Å². The number of rotatable bonds is 1. The van der Waals surface area contributed by atoms with E-state index in [1.807, 2.05) is 24.7 Å². The smallest absolute Gasteiger partial charge is 0.152 e. The molecule has 2 rings (SSSR count). The van der Waals surface area contributed by atoms with E-state index < -0.39 is 0 Å². The van der Waals surface area contributed by atoms with Crippen LogP contribution in [0.3, 0.4) is 0 Å². The largest absolute Gasteiger partial charge is 0.349 e. The number of aromatic nitrogens is 2. The molecule has 4 nitrogen and oxygen atoms in total. The minimum absolute atomic E-state index is 0.329. The van der Waals surface area contributed by atoms with Crippen LogP contribution >= 0.6 is 0 Å². The number of piperidine rings is 1. The molecule has 76 valence electrons. The molecular formula is C10H15N3O. The van der Waals surface area contributed by atoms with Crippen LogP contribution in [-0.4, -0.2) is 28.7 Å². The molecule has 0 N–H and O–H groups in total. The highest BCUT2D eigenvalue weighted by Crippen LogP contribution is 2.18.